The molecule has 1 amide bonds. The standard InChI is InChI=1S/C25H26N2O4S/c1-29-21-14-17(15-22(30-2)25(21)31-3)4-9-24(28)26-19-5-7-20(8-6-19)27-12-10-23-18(16-27)11-13-32-23/h4-9,11,13-15H,10,12,16H2,1-3H3,(H,26,28)/b9-4+. The van der Waals surface area contributed by atoms with E-state index < -0.39 is 0 Å². The zero-order chi connectivity index (χ0) is 22.5. The molecule has 1 aromatic heterocycles. The number of carbonyl (C=O) groups is 1. The van der Waals surface area contributed by atoms with E-state index in [1.165, 1.54) is 16.5 Å². The molecule has 0 aliphatic carbocycles. The van der Waals surface area contributed by atoms with E-state index >= 15 is 0 Å². The lowest BCUT2D eigenvalue weighted by Crippen LogP contribution is -2.29. The number of nitrogens with zero attached hydrogens (tertiary/aromatic N) is 1. The van der Waals surface area contributed by atoms with Crippen LogP contribution < -0.4 is 24.4 Å². The molecule has 0 saturated heterocycles. The molecule has 1 aliphatic rings. The number of amides is 1. The molecule has 1 aliphatic heterocycles. The summed E-state index contributed by atoms with van der Waals surface area (Å²) in [6.45, 7) is 1.94. The number of rotatable bonds is 7. The van der Waals surface area contributed by atoms with Crippen molar-refractivity contribution < 1.29 is 19.0 Å². The third-order valence-electron chi connectivity index (χ3n) is 5.42. The Hall–Kier alpha value is -3.45. The highest BCUT2D eigenvalue weighted by Crippen LogP contribution is 2.38. The summed E-state index contributed by atoms with van der Waals surface area (Å²) < 4.78 is 16.0. The molecule has 7 heteroatoms. The van der Waals surface area contributed by atoms with Crippen LogP contribution >= 0.6 is 11.3 Å². The topological polar surface area (TPSA) is 60.0 Å². The van der Waals surface area contributed by atoms with Crippen molar-refractivity contribution in [1.82, 2.24) is 0 Å². The SMILES string of the molecule is COc1cc(/C=C/C(=O)Nc2ccc(N3CCc4sccc4C3)cc2)cc(OC)c1OC. The van der Waals surface area contributed by atoms with Gasteiger partial charge in [-0.05, 0) is 71.5 Å². The quantitative estimate of drug-likeness (QED) is 0.514. The molecule has 0 unspecified atom stereocenters. The molecule has 2 heterocycles. The number of benzene rings is 2. The summed E-state index contributed by atoms with van der Waals surface area (Å²) in [6.07, 6.45) is 4.27. The minimum Gasteiger partial charge on any atom is -0.493 e. The van der Waals surface area contributed by atoms with Gasteiger partial charge in [-0.15, -0.1) is 11.3 Å². The Balaban J connectivity index is 1.40. The van der Waals surface area contributed by atoms with E-state index in [0.717, 1.165) is 36.4 Å². The number of ether oxygens (including phenoxy) is 3. The first-order chi connectivity index (χ1) is 15.6. The summed E-state index contributed by atoms with van der Waals surface area (Å²) in [5, 5.41) is 5.07. The van der Waals surface area contributed by atoms with Crippen LogP contribution in [-0.2, 0) is 17.8 Å². The minimum atomic E-state index is -0.215. The fourth-order valence-corrected chi connectivity index (χ4v) is 4.67. The molecule has 0 atom stereocenters. The van der Waals surface area contributed by atoms with Crippen molar-refractivity contribution in [2.75, 3.05) is 38.1 Å². The van der Waals surface area contributed by atoms with Crippen LogP contribution in [0.1, 0.15) is 16.0 Å². The Morgan fingerprint density at radius 3 is 2.41 bits per heavy atom. The van der Waals surface area contributed by atoms with Crippen molar-refractivity contribution in [3.63, 3.8) is 0 Å². The van der Waals surface area contributed by atoms with Crippen LogP contribution in [0.3, 0.4) is 0 Å². The molecule has 32 heavy (non-hydrogen) atoms. The van der Waals surface area contributed by atoms with Crippen LogP contribution in [-0.4, -0.2) is 33.8 Å². The van der Waals surface area contributed by atoms with Crippen LogP contribution in [0.4, 0.5) is 11.4 Å². The number of anilines is 2. The van der Waals surface area contributed by atoms with E-state index in [1.54, 1.807) is 39.5 Å². The van der Waals surface area contributed by atoms with E-state index in [-0.39, 0.29) is 5.91 Å². The van der Waals surface area contributed by atoms with Crippen LogP contribution in [0, 0.1) is 0 Å². The summed E-state index contributed by atoms with van der Waals surface area (Å²) in [6, 6.07) is 13.8. The fraction of sp³-hybridized carbons (Fsp3) is 0.240. The third-order valence-corrected chi connectivity index (χ3v) is 6.44. The molecule has 0 radical (unpaired) electrons. The Bertz CT molecular complexity index is 1100. The predicted octanol–water partition coefficient (Wildman–Crippen LogP) is 4.99. The molecular weight excluding hydrogens is 424 g/mol. The van der Waals surface area contributed by atoms with Crippen LogP contribution in [0.5, 0.6) is 17.2 Å². The molecule has 0 bridgehead atoms. The van der Waals surface area contributed by atoms with Gasteiger partial charge in [0.15, 0.2) is 11.5 Å². The van der Waals surface area contributed by atoms with Gasteiger partial charge in [0, 0.05) is 35.4 Å². The lowest BCUT2D eigenvalue weighted by molar-refractivity contribution is -0.111. The lowest BCUT2D eigenvalue weighted by atomic mass is 10.1. The number of methoxy groups -OCH3 is 3. The van der Waals surface area contributed by atoms with Gasteiger partial charge in [0.05, 0.1) is 21.3 Å². The number of nitrogens with one attached hydrogen (secondary N) is 1. The van der Waals surface area contributed by atoms with E-state index in [4.69, 9.17) is 14.2 Å². The fourth-order valence-electron chi connectivity index (χ4n) is 3.78. The highest BCUT2D eigenvalue weighted by atomic mass is 32.1. The number of hydrogen-bond donors (Lipinski definition) is 1. The van der Waals surface area contributed by atoms with Crippen molar-refractivity contribution in [1.29, 1.82) is 0 Å². The third kappa shape index (κ3) is 4.73. The maximum atomic E-state index is 12.4. The predicted molar refractivity (Wildman–Crippen MR) is 129 cm³/mol. The molecule has 3 aromatic rings. The number of hydrogen-bond acceptors (Lipinski definition) is 6. The van der Waals surface area contributed by atoms with Gasteiger partial charge in [-0.3, -0.25) is 4.79 Å². The molecule has 1 N–H and O–H groups in total. The number of carbonyl (C=O) groups excluding carboxylic acids is 1. The Kier molecular flexibility index (Phi) is 6.66. The van der Waals surface area contributed by atoms with Gasteiger partial charge >= 0.3 is 0 Å². The Labute approximate surface area is 192 Å². The summed E-state index contributed by atoms with van der Waals surface area (Å²) in [5.74, 6) is 1.37. The van der Waals surface area contributed by atoms with E-state index in [0.29, 0.717) is 17.2 Å². The van der Waals surface area contributed by atoms with Crippen molar-refractivity contribution in [2.45, 2.75) is 13.0 Å². The summed E-state index contributed by atoms with van der Waals surface area (Å²) in [4.78, 5) is 16.3. The van der Waals surface area contributed by atoms with Crippen LogP contribution in [0.25, 0.3) is 6.08 Å². The largest absolute Gasteiger partial charge is 0.493 e. The maximum Gasteiger partial charge on any atom is 0.248 e. The van der Waals surface area contributed by atoms with Gasteiger partial charge in [-0.1, -0.05) is 0 Å². The second-order valence-electron chi connectivity index (χ2n) is 7.37. The molecule has 0 spiro atoms. The average molecular weight is 451 g/mol. The summed E-state index contributed by atoms with van der Waals surface area (Å²) in [5.41, 5.74) is 4.09. The maximum absolute atomic E-state index is 12.4. The summed E-state index contributed by atoms with van der Waals surface area (Å²) in [7, 11) is 4.67. The molecular formula is C25H26N2O4S. The van der Waals surface area contributed by atoms with Gasteiger partial charge in [0.25, 0.3) is 0 Å². The minimum absolute atomic E-state index is 0.215. The summed E-state index contributed by atoms with van der Waals surface area (Å²) >= 11 is 1.84. The first-order valence-corrected chi connectivity index (χ1v) is 11.2. The first kappa shape index (κ1) is 21.8. The van der Waals surface area contributed by atoms with Crippen molar-refractivity contribution in [3.8, 4) is 17.2 Å². The molecule has 0 saturated carbocycles. The zero-order valence-electron chi connectivity index (χ0n) is 18.4. The Morgan fingerprint density at radius 2 is 1.75 bits per heavy atom. The van der Waals surface area contributed by atoms with E-state index in [9.17, 15) is 4.79 Å². The van der Waals surface area contributed by atoms with E-state index in [1.807, 2.05) is 23.5 Å². The Morgan fingerprint density at radius 1 is 1.03 bits per heavy atom. The number of fused-ring (bicyclic) bond motifs is 1. The van der Waals surface area contributed by atoms with Gasteiger partial charge in [0.1, 0.15) is 0 Å². The zero-order valence-corrected chi connectivity index (χ0v) is 19.2. The van der Waals surface area contributed by atoms with Gasteiger partial charge in [-0.2, -0.15) is 0 Å². The van der Waals surface area contributed by atoms with Gasteiger partial charge < -0.3 is 24.4 Å². The lowest BCUT2D eigenvalue weighted by Gasteiger charge is -2.29. The van der Waals surface area contributed by atoms with Crippen LogP contribution in [0.2, 0.25) is 0 Å². The highest BCUT2D eigenvalue weighted by molar-refractivity contribution is 7.10. The highest BCUT2D eigenvalue weighted by Gasteiger charge is 2.17. The molecule has 0 fully saturated rings. The van der Waals surface area contributed by atoms with Gasteiger partial charge in [-0.25, -0.2) is 0 Å². The van der Waals surface area contributed by atoms with Crippen molar-refractivity contribution in [2.24, 2.45) is 0 Å². The average Bonchev–Trinajstić information content (AvgIpc) is 3.30. The van der Waals surface area contributed by atoms with Crippen molar-refractivity contribution >= 4 is 34.7 Å². The monoisotopic (exact) mass is 450 g/mol. The van der Waals surface area contributed by atoms with Gasteiger partial charge in [0.2, 0.25) is 11.7 Å². The first-order valence-electron chi connectivity index (χ1n) is 10.3. The normalized spacial score (nSPS) is 13.0. The molecule has 6 nitrogen and oxygen atoms in total. The van der Waals surface area contributed by atoms with Crippen molar-refractivity contribution in [3.05, 3.63) is 69.9 Å². The second kappa shape index (κ2) is 9.78. The molecule has 2 aromatic carbocycles. The second-order valence-corrected chi connectivity index (χ2v) is 8.37. The molecule has 4 rings (SSSR count). The molecule has 166 valence electrons. The van der Waals surface area contributed by atoms with Crippen LogP contribution in [0.15, 0.2) is 53.9 Å². The smallest absolute Gasteiger partial charge is 0.248 e. The van der Waals surface area contributed by atoms with E-state index in [2.05, 4.69) is 33.8 Å². The number of thiophene rings is 1.